The summed E-state index contributed by atoms with van der Waals surface area (Å²) < 4.78 is 22.0. The van der Waals surface area contributed by atoms with Crippen LogP contribution in [0, 0.1) is 0 Å². The van der Waals surface area contributed by atoms with Crippen LogP contribution in [0.1, 0.15) is 26.7 Å². The lowest BCUT2D eigenvalue weighted by molar-refractivity contribution is -0.146. The van der Waals surface area contributed by atoms with Crippen molar-refractivity contribution in [3.05, 3.63) is 46.4 Å². The molecule has 0 unspecified atom stereocenters. The predicted molar refractivity (Wildman–Crippen MR) is 125 cm³/mol. The van der Waals surface area contributed by atoms with Gasteiger partial charge < -0.3 is 18.9 Å². The van der Waals surface area contributed by atoms with Gasteiger partial charge in [-0.3, -0.25) is 0 Å². The van der Waals surface area contributed by atoms with Crippen molar-refractivity contribution >= 4 is 56.7 Å². The first-order valence-corrected chi connectivity index (χ1v) is 11.1. The smallest absolute Gasteiger partial charge is 0.344 e. The second kappa shape index (κ2) is 11.2. The van der Waals surface area contributed by atoms with Gasteiger partial charge in [0, 0.05) is 26.6 Å². The van der Waals surface area contributed by atoms with Crippen molar-refractivity contribution in [1.82, 2.24) is 0 Å². The van der Waals surface area contributed by atoms with Crippen molar-refractivity contribution in [1.29, 1.82) is 0 Å². The van der Waals surface area contributed by atoms with E-state index in [1.165, 1.54) is 0 Å². The van der Waals surface area contributed by atoms with E-state index in [2.05, 4.69) is 0 Å². The zero-order valence-electron chi connectivity index (χ0n) is 17.9. The fourth-order valence-corrected chi connectivity index (χ4v) is 3.64. The van der Waals surface area contributed by atoms with Gasteiger partial charge in [-0.05, 0) is 37.1 Å². The zero-order chi connectivity index (χ0) is 23.1. The Bertz CT molecular complexity index is 1130. The number of rotatable bonds is 10. The summed E-state index contributed by atoms with van der Waals surface area (Å²) in [6.07, 6.45) is 1.43. The highest BCUT2D eigenvalue weighted by Crippen LogP contribution is 2.46. The van der Waals surface area contributed by atoms with E-state index in [-0.39, 0.29) is 13.2 Å². The Kier molecular flexibility index (Phi) is 8.42. The third-order valence-electron chi connectivity index (χ3n) is 4.56. The fraction of sp³-hybridized carbons (Fsp3) is 0.333. The predicted octanol–water partition coefficient (Wildman–Crippen LogP) is 5.96. The van der Waals surface area contributed by atoms with Gasteiger partial charge in [-0.15, -0.1) is 0 Å². The highest BCUT2D eigenvalue weighted by Gasteiger charge is 2.20. The van der Waals surface area contributed by atoms with Gasteiger partial charge in [0.15, 0.2) is 13.2 Å². The topological polar surface area (TPSA) is 71.1 Å². The molecular weight excluding hydrogens is 455 g/mol. The maximum Gasteiger partial charge on any atom is 0.344 e. The second-order valence-electron chi connectivity index (χ2n) is 7.03. The molecular formula is C24H24Cl2O6. The number of halogens is 2. The molecule has 0 N–H and O–H groups in total. The summed E-state index contributed by atoms with van der Waals surface area (Å²) >= 11 is 12.8. The van der Waals surface area contributed by atoms with Gasteiger partial charge in [0.1, 0.15) is 11.5 Å². The lowest BCUT2D eigenvalue weighted by Gasteiger charge is -2.18. The largest absolute Gasteiger partial charge is 0.481 e. The van der Waals surface area contributed by atoms with Gasteiger partial charge in [-0.25, -0.2) is 9.59 Å². The standard InChI is InChI=1S/C24H24Cl2O6/c1-3-10-29-20(27)13-31-23-16-9-8-15(25)12-18(16)24(32-14-21(28)30-11-4-2)22-17(23)6-5-7-19(22)26/h5-9,12H,3-4,10-11,13-14H2,1-2H3. The van der Waals surface area contributed by atoms with Crippen molar-refractivity contribution in [3.8, 4) is 11.5 Å². The van der Waals surface area contributed by atoms with Crippen LogP contribution in [0.2, 0.25) is 10.0 Å². The van der Waals surface area contributed by atoms with E-state index in [1.54, 1.807) is 30.3 Å². The summed E-state index contributed by atoms with van der Waals surface area (Å²) in [5.74, 6) is -0.120. The zero-order valence-corrected chi connectivity index (χ0v) is 19.4. The summed E-state index contributed by atoms with van der Waals surface area (Å²) in [4.78, 5) is 24.1. The van der Waals surface area contributed by atoms with Crippen LogP contribution in [0.25, 0.3) is 21.5 Å². The Morgan fingerprint density at radius 3 is 2.03 bits per heavy atom. The minimum absolute atomic E-state index is 0.261. The van der Waals surface area contributed by atoms with Crippen LogP contribution < -0.4 is 9.47 Å². The molecule has 0 saturated heterocycles. The van der Waals surface area contributed by atoms with Gasteiger partial charge in [-0.2, -0.15) is 0 Å². The summed E-state index contributed by atoms with van der Waals surface area (Å²) in [6.45, 7) is 3.92. The average Bonchev–Trinajstić information content (AvgIpc) is 2.78. The summed E-state index contributed by atoms with van der Waals surface area (Å²) in [5, 5.41) is 3.30. The van der Waals surface area contributed by atoms with Crippen LogP contribution in [0.3, 0.4) is 0 Å². The number of fused-ring (bicyclic) bond motifs is 2. The molecule has 0 bridgehead atoms. The highest BCUT2D eigenvalue weighted by atomic mass is 35.5. The fourth-order valence-electron chi connectivity index (χ4n) is 3.21. The maximum atomic E-state index is 12.0. The van der Waals surface area contributed by atoms with Crippen molar-refractivity contribution in [2.45, 2.75) is 26.7 Å². The number of carbonyl (C=O) groups excluding carboxylic acids is 2. The molecule has 0 spiro atoms. The Hall–Kier alpha value is -2.70. The van der Waals surface area contributed by atoms with E-state index in [9.17, 15) is 9.59 Å². The number of ether oxygens (including phenoxy) is 4. The monoisotopic (exact) mass is 478 g/mol. The molecule has 0 aromatic heterocycles. The van der Waals surface area contributed by atoms with Gasteiger partial charge in [0.25, 0.3) is 0 Å². The molecule has 32 heavy (non-hydrogen) atoms. The Morgan fingerprint density at radius 2 is 1.41 bits per heavy atom. The molecule has 0 aliphatic rings. The van der Waals surface area contributed by atoms with Crippen molar-refractivity contribution in [3.63, 3.8) is 0 Å². The molecule has 0 fully saturated rings. The molecule has 0 atom stereocenters. The first-order chi connectivity index (χ1) is 15.5. The Labute approximate surface area is 196 Å². The van der Waals surface area contributed by atoms with Crippen molar-refractivity contribution in [2.24, 2.45) is 0 Å². The van der Waals surface area contributed by atoms with E-state index in [0.29, 0.717) is 62.7 Å². The quantitative estimate of drug-likeness (QED) is 0.264. The van der Waals surface area contributed by atoms with E-state index < -0.39 is 11.9 Å². The third kappa shape index (κ3) is 5.56. The molecule has 0 aliphatic carbocycles. The Balaban J connectivity index is 2.09. The van der Waals surface area contributed by atoms with E-state index in [4.69, 9.17) is 42.1 Å². The van der Waals surface area contributed by atoms with Gasteiger partial charge in [0.2, 0.25) is 0 Å². The third-order valence-corrected chi connectivity index (χ3v) is 5.11. The van der Waals surface area contributed by atoms with Crippen LogP contribution in [0.4, 0.5) is 0 Å². The summed E-state index contributed by atoms with van der Waals surface area (Å²) in [5.41, 5.74) is 0. The average molecular weight is 479 g/mol. The highest BCUT2D eigenvalue weighted by molar-refractivity contribution is 6.37. The molecule has 170 valence electrons. The number of hydrogen-bond acceptors (Lipinski definition) is 6. The molecule has 0 saturated carbocycles. The molecule has 0 heterocycles. The SMILES string of the molecule is CCCOC(=O)COc1c2ccc(Cl)cc2c(OCC(=O)OCCC)c2c(Cl)cccc12. The number of carbonyl (C=O) groups is 2. The normalized spacial score (nSPS) is 10.9. The van der Waals surface area contributed by atoms with E-state index in [1.807, 2.05) is 19.9 Å². The van der Waals surface area contributed by atoms with Crippen LogP contribution in [-0.2, 0) is 19.1 Å². The maximum absolute atomic E-state index is 12.0. The number of esters is 2. The molecule has 0 radical (unpaired) electrons. The molecule has 6 nitrogen and oxygen atoms in total. The van der Waals surface area contributed by atoms with Crippen LogP contribution in [0.15, 0.2) is 36.4 Å². The van der Waals surface area contributed by atoms with Crippen molar-refractivity contribution in [2.75, 3.05) is 26.4 Å². The summed E-state index contributed by atoms with van der Waals surface area (Å²) in [6, 6.07) is 10.5. The van der Waals surface area contributed by atoms with Gasteiger partial charge >= 0.3 is 11.9 Å². The number of hydrogen-bond donors (Lipinski definition) is 0. The summed E-state index contributed by atoms with van der Waals surface area (Å²) in [7, 11) is 0. The van der Waals surface area contributed by atoms with Crippen LogP contribution >= 0.6 is 23.2 Å². The lowest BCUT2D eigenvalue weighted by Crippen LogP contribution is -2.16. The van der Waals surface area contributed by atoms with Gasteiger partial charge in [-0.1, -0.05) is 49.2 Å². The molecule has 3 aromatic carbocycles. The second-order valence-corrected chi connectivity index (χ2v) is 7.87. The molecule has 0 aliphatic heterocycles. The van der Waals surface area contributed by atoms with E-state index in [0.717, 1.165) is 6.42 Å². The Morgan fingerprint density at radius 1 is 0.781 bits per heavy atom. The minimum atomic E-state index is -0.485. The van der Waals surface area contributed by atoms with Gasteiger partial charge in [0.05, 0.1) is 18.2 Å². The van der Waals surface area contributed by atoms with Crippen molar-refractivity contribution < 1.29 is 28.5 Å². The van der Waals surface area contributed by atoms with E-state index >= 15 is 0 Å². The molecule has 0 amide bonds. The molecule has 3 rings (SSSR count). The first-order valence-electron chi connectivity index (χ1n) is 10.4. The van der Waals surface area contributed by atoms with Crippen LogP contribution in [0.5, 0.6) is 11.5 Å². The van der Waals surface area contributed by atoms with Crippen LogP contribution in [-0.4, -0.2) is 38.4 Å². The molecule has 3 aromatic rings. The number of benzene rings is 3. The molecule has 8 heteroatoms. The lowest BCUT2D eigenvalue weighted by atomic mass is 10.0. The minimum Gasteiger partial charge on any atom is -0.481 e. The first kappa shape index (κ1) is 24.0.